The molecule has 0 aliphatic rings. The van der Waals surface area contributed by atoms with Crippen LogP contribution in [0, 0.1) is 0 Å². The maximum absolute atomic E-state index is 2.43. The summed E-state index contributed by atoms with van der Waals surface area (Å²) in [7, 11) is 0. The van der Waals surface area contributed by atoms with Crippen molar-refractivity contribution in [2.75, 3.05) is 4.90 Å². The Morgan fingerprint density at radius 2 is 0.793 bits per heavy atom. The quantitative estimate of drug-likeness (QED) is 0.157. The molecule has 0 spiro atoms. The van der Waals surface area contributed by atoms with Crippen LogP contribution in [-0.2, 0) is 0 Å². The molecule has 2 heteroatoms. The lowest BCUT2D eigenvalue weighted by atomic mass is 9.95. The standard InChI is InChI=1S/C56H37NS/c1-3-21-47-38(13-1)15-11-25-49(47)40-29-32-45(33-30-40)57(54-27-7-5-23-51(54)44-31-34-53-52-24-6-8-28-55(52)58-56(53)37-44)46-20-10-18-42(36-46)41-17-9-19-43(35-41)50-26-12-16-39-14-2-4-22-48(39)50/h1-37H. The molecule has 1 heterocycles. The van der Waals surface area contributed by atoms with Crippen molar-refractivity contribution in [1.82, 2.24) is 0 Å². The third-order valence-corrected chi connectivity index (χ3v) is 12.6. The van der Waals surface area contributed by atoms with E-state index in [9.17, 15) is 0 Å². The number of nitrogens with zero attached hydrogens (tertiary/aromatic N) is 1. The first kappa shape index (κ1) is 34.0. The van der Waals surface area contributed by atoms with Crippen molar-refractivity contribution in [1.29, 1.82) is 0 Å². The summed E-state index contributed by atoms with van der Waals surface area (Å²) in [6.45, 7) is 0. The van der Waals surface area contributed by atoms with Gasteiger partial charge in [-0.05, 0) is 109 Å². The molecule has 0 bridgehead atoms. The number of para-hydroxylation sites is 1. The molecule has 0 atom stereocenters. The van der Waals surface area contributed by atoms with Gasteiger partial charge in [-0.2, -0.15) is 0 Å². The lowest BCUT2D eigenvalue weighted by molar-refractivity contribution is 1.28. The Kier molecular flexibility index (Phi) is 8.42. The minimum absolute atomic E-state index is 1.10. The monoisotopic (exact) mass is 755 g/mol. The second-order valence-electron chi connectivity index (χ2n) is 14.9. The van der Waals surface area contributed by atoms with E-state index in [0.717, 1.165) is 17.1 Å². The Morgan fingerprint density at radius 1 is 0.276 bits per heavy atom. The fourth-order valence-electron chi connectivity index (χ4n) is 8.67. The molecule has 1 aromatic heterocycles. The molecular formula is C56H37NS. The number of benzene rings is 10. The van der Waals surface area contributed by atoms with Gasteiger partial charge in [0.1, 0.15) is 0 Å². The fourth-order valence-corrected chi connectivity index (χ4v) is 9.81. The second-order valence-corrected chi connectivity index (χ2v) is 16.0. The van der Waals surface area contributed by atoms with Crippen LogP contribution in [0.5, 0.6) is 0 Å². The molecule has 11 aromatic rings. The molecule has 0 unspecified atom stereocenters. The first-order chi connectivity index (χ1) is 28.7. The van der Waals surface area contributed by atoms with Crippen LogP contribution in [0.2, 0.25) is 0 Å². The van der Waals surface area contributed by atoms with Crippen LogP contribution in [0.1, 0.15) is 0 Å². The predicted molar refractivity (Wildman–Crippen MR) is 251 cm³/mol. The van der Waals surface area contributed by atoms with Gasteiger partial charge < -0.3 is 4.90 Å². The highest BCUT2D eigenvalue weighted by atomic mass is 32.1. The zero-order chi connectivity index (χ0) is 38.4. The van der Waals surface area contributed by atoms with E-state index in [4.69, 9.17) is 0 Å². The normalized spacial score (nSPS) is 11.4. The highest BCUT2D eigenvalue weighted by molar-refractivity contribution is 7.25. The molecule has 11 rings (SSSR count). The van der Waals surface area contributed by atoms with Crippen molar-refractivity contribution < 1.29 is 0 Å². The second kappa shape index (κ2) is 14.4. The van der Waals surface area contributed by atoms with Crippen LogP contribution >= 0.6 is 11.3 Å². The largest absolute Gasteiger partial charge is 0.310 e. The van der Waals surface area contributed by atoms with Crippen LogP contribution in [0.4, 0.5) is 17.1 Å². The van der Waals surface area contributed by atoms with E-state index in [0.29, 0.717) is 0 Å². The average Bonchev–Trinajstić information content (AvgIpc) is 3.67. The summed E-state index contributed by atoms with van der Waals surface area (Å²) in [4.78, 5) is 2.43. The molecule has 0 saturated heterocycles. The van der Waals surface area contributed by atoms with E-state index >= 15 is 0 Å². The summed E-state index contributed by atoms with van der Waals surface area (Å²) in [5.41, 5.74) is 12.9. The number of thiophene rings is 1. The molecule has 0 N–H and O–H groups in total. The average molecular weight is 756 g/mol. The molecule has 10 aromatic carbocycles. The zero-order valence-electron chi connectivity index (χ0n) is 31.7. The summed E-state index contributed by atoms with van der Waals surface area (Å²) >= 11 is 1.86. The zero-order valence-corrected chi connectivity index (χ0v) is 32.5. The van der Waals surface area contributed by atoms with Crippen LogP contribution in [0.25, 0.3) is 86.2 Å². The van der Waals surface area contributed by atoms with Gasteiger partial charge in [0, 0.05) is 37.1 Å². The van der Waals surface area contributed by atoms with E-state index in [2.05, 4.69) is 229 Å². The van der Waals surface area contributed by atoms with Gasteiger partial charge in [0.05, 0.1) is 5.69 Å². The maximum atomic E-state index is 2.43. The van der Waals surface area contributed by atoms with E-state index in [-0.39, 0.29) is 0 Å². The van der Waals surface area contributed by atoms with Gasteiger partial charge in [-0.3, -0.25) is 0 Å². The summed E-state index contributed by atoms with van der Waals surface area (Å²) in [6, 6.07) is 82.0. The summed E-state index contributed by atoms with van der Waals surface area (Å²) < 4.78 is 2.62. The fraction of sp³-hybridized carbons (Fsp3) is 0. The minimum Gasteiger partial charge on any atom is -0.310 e. The molecule has 0 aliphatic heterocycles. The first-order valence-electron chi connectivity index (χ1n) is 19.8. The highest BCUT2D eigenvalue weighted by Crippen LogP contribution is 2.44. The number of fused-ring (bicyclic) bond motifs is 5. The predicted octanol–water partition coefficient (Wildman–Crippen LogP) is 16.5. The molecule has 272 valence electrons. The van der Waals surface area contributed by atoms with E-state index in [1.807, 2.05) is 11.3 Å². The van der Waals surface area contributed by atoms with E-state index < -0.39 is 0 Å². The Balaban J connectivity index is 1.06. The number of anilines is 3. The van der Waals surface area contributed by atoms with Gasteiger partial charge in [0.25, 0.3) is 0 Å². The van der Waals surface area contributed by atoms with Gasteiger partial charge in [0.2, 0.25) is 0 Å². The Bertz CT molecular complexity index is 3290. The molecule has 0 saturated carbocycles. The number of rotatable bonds is 7. The van der Waals surface area contributed by atoms with Crippen LogP contribution in [0.3, 0.4) is 0 Å². The lowest BCUT2D eigenvalue weighted by Gasteiger charge is -2.28. The van der Waals surface area contributed by atoms with Crippen molar-refractivity contribution in [3.8, 4) is 44.5 Å². The molecule has 0 amide bonds. The Morgan fingerprint density at radius 3 is 1.57 bits per heavy atom. The number of hydrogen-bond acceptors (Lipinski definition) is 2. The summed E-state index contributed by atoms with van der Waals surface area (Å²) in [5.74, 6) is 0. The highest BCUT2D eigenvalue weighted by Gasteiger charge is 2.19. The molecule has 58 heavy (non-hydrogen) atoms. The molecular weight excluding hydrogens is 719 g/mol. The molecule has 0 fully saturated rings. The van der Waals surface area contributed by atoms with Crippen LogP contribution in [-0.4, -0.2) is 0 Å². The topological polar surface area (TPSA) is 3.24 Å². The Hall–Kier alpha value is -7.26. The van der Waals surface area contributed by atoms with Gasteiger partial charge in [-0.15, -0.1) is 11.3 Å². The summed E-state index contributed by atoms with van der Waals surface area (Å²) in [6.07, 6.45) is 0. The maximum Gasteiger partial charge on any atom is 0.0540 e. The van der Waals surface area contributed by atoms with E-state index in [1.54, 1.807) is 0 Å². The van der Waals surface area contributed by atoms with Gasteiger partial charge in [-0.25, -0.2) is 0 Å². The van der Waals surface area contributed by atoms with Gasteiger partial charge in [-0.1, -0.05) is 176 Å². The van der Waals surface area contributed by atoms with Crippen molar-refractivity contribution >= 4 is 70.1 Å². The molecule has 1 nitrogen and oxygen atoms in total. The third-order valence-electron chi connectivity index (χ3n) is 11.5. The third kappa shape index (κ3) is 6.03. The van der Waals surface area contributed by atoms with Gasteiger partial charge >= 0.3 is 0 Å². The Labute approximate surface area is 342 Å². The van der Waals surface area contributed by atoms with Crippen molar-refractivity contribution in [3.05, 3.63) is 224 Å². The van der Waals surface area contributed by atoms with Crippen LogP contribution in [0.15, 0.2) is 224 Å². The van der Waals surface area contributed by atoms with Crippen LogP contribution < -0.4 is 4.90 Å². The first-order valence-corrected chi connectivity index (χ1v) is 20.6. The number of hydrogen-bond donors (Lipinski definition) is 0. The SMILES string of the molecule is c1cc(-c2cccc(N(c3ccc(-c4cccc5ccccc45)cc3)c3ccccc3-c3ccc4c(c3)sc3ccccc34)c2)cc(-c2cccc3ccccc23)c1. The van der Waals surface area contributed by atoms with Crippen molar-refractivity contribution in [2.45, 2.75) is 0 Å². The van der Waals surface area contributed by atoms with E-state index in [1.165, 1.54) is 86.2 Å². The van der Waals surface area contributed by atoms with Crippen molar-refractivity contribution in [2.24, 2.45) is 0 Å². The lowest BCUT2D eigenvalue weighted by Crippen LogP contribution is -2.11. The minimum atomic E-state index is 1.10. The van der Waals surface area contributed by atoms with Crippen molar-refractivity contribution in [3.63, 3.8) is 0 Å². The molecule has 0 radical (unpaired) electrons. The molecule has 0 aliphatic carbocycles. The summed E-state index contributed by atoms with van der Waals surface area (Å²) in [5, 5.41) is 7.64. The smallest absolute Gasteiger partial charge is 0.0540 e. The van der Waals surface area contributed by atoms with Gasteiger partial charge in [0.15, 0.2) is 0 Å².